The molecule has 8 heteroatoms. The molecular weight excluding hydrogens is 334 g/mol. The number of nitrogens with zero attached hydrogens (tertiary/aromatic N) is 1. The first kappa shape index (κ1) is 17.6. The van der Waals surface area contributed by atoms with Crippen molar-refractivity contribution in [3.63, 3.8) is 0 Å². The molecule has 2 aromatic rings. The third kappa shape index (κ3) is 4.37. The molecule has 124 valence electrons. The Hall–Kier alpha value is -1.77. The van der Waals surface area contributed by atoms with Crippen molar-refractivity contribution >= 4 is 27.3 Å². The van der Waals surface area contributed by atoms with Crippen molar-refractivity contribution < 1.29 is 13.2 Å². The zero-order valence-corrected chi connectivity index (χ0v) is 14.8. The van der Waals surface area contributed by atoms with Gasteiger partial charge in [-0.25, -0.2) is 18.1 Å². The van der Waals surface area contributed by atoms with Crippen LogP contribution in [-0.2, 0) is 10.0 Å². The first-order valence-electron chi connectivity index (χ1n) is 7.07. The van der Waals surface area contributed by atoms with Crippen LogP contribution < -0.4 is 10.0 Å². The summed E-state index contributed by atoms with van der Waals surface area (Å²) >= 11 is 1.58. The molecule has 0 aliphatic rings. The SMILES string of the molecule is CNS(=O)(=O)c1ccc(C(=O)NCC(C)c2nc(C)cs2)cc1. The number of carbonyl (C=O) groups excluding carboxylic acids is 1. The van der Waals surface area contributed by atoms with E-state index in [4.69, 9.17) is 0 Å². The summed E-state index contributed by atoms with van der Waals surface area (Å²) in [4.78, 5) is 16.7. The number of thiazole rings is 1. The van der Waals surface area contributed by atoms with Crippen molar-refractivity contribution in [2.75, 3.05) is 13.6 Å². The lowest BCUT2D eigenvalue weighted by Crippen LogP contribution is -2.27. The van der Waals surface area contributed by atoms with Crippen LogP contribution in [-0.4, -0.2) is 32.9 Å². The molecule has 0 spiro atoms. The van der Waals surface area contributed by atoms with Gasteiger partial charge in [-0.1, -0.05) is 6.92 Å². The monoisotopic (exact) mass is 353 g/mol. The Labute approximate surface area is 140 Å². The van der Waals surface area contributed by atoms with Crippen molar-refractivity contribution in [1.29, 1.82) is 0 Å². The van der Waals surface area contributed by atoms with Gasteiger partial charge in [-0.05, 0) is 38.2 Å². The molecule has 1 amide bonds. The van der Waals surface area contributed by atoms with Crippen molar-refractivity contribution in [2.24, 2.45) is 0 Å². The van der Waals surface area contributed by atoms with Crippen LogP contribution in [0, 0.1) is 6.92 Å². The zero-order chi connectivity index (χ0) is 17.0. The van der Waals surface area contributed by atoms with Crippen LogP contribution in [0.3, 0.4) is 0 Å². The van der Waals surface area contributed by atoms with E-state index in [-0.39, 0.29) is 16.7 Å². The number of hydrogen-bond donors (Lipinski definition) is 2. The second-order valence-corrected chi connectivity index (χ2v) is 7.95. The first-order chi connectivity index (χ1) is 10.8. The van der Waals surface area contributed by atoms with E-state index in [0.29, 0.717) is 12.1 Å². The first-order valence-corrected chi connectivity index (χ1v) is 9.43. The Bertz CT molecular complexity index is 783. The number of rotatable bonds is 6. The highest BCUT2D eigenvalue weighted by molar-refractivity contribution is 7.89. The fourth-order valence-corrected chi connectivity index (χ4v) is 3.52. The summed E-state index contributed by atoms with van der Waals surface area (Å²) in [5, 5.41) is 5.81. The van der Waals surface area contributed by atoms with Gasteiger partial charge in [-0.3, -0.25) is 4.79 Å². The van der Waals surface area contributed by atoms with Crippen molar-refractivity contribution in [3.05, 3.63) is 45.9 Å². The van der Waals surface area contributed by atoms with Gasteiger partial charge in [0.2, 0.25) is 10.0 Å². The van der Waals surface area contributed by atoms with Gasteiger partial charge in [0.1, 0.15) is 0 Å². The maximum atomic E-state index is 12.1. The van der Waals surface area contributed by atoms with E-state index in [2.05, 4.69) is 15.0 Å². The van der Waals surface area contributed by atoms with Crippen LogP contribution in [0.1, 0.15) is 33.9 Å². The molecule has 1 aromatic heterocycles. The molecule has 2 rings (SSSR count). The third-order valence-electron chi connectivity index (χ3n) is 3.32. The summed E-state index contributed by atoms with van der Waals surface area (Å²) in [6.07, 6.45) is 0. The average Bonchev–Trinajstić information content (AvgIpc) is 2.99. The van der Waals surface area contributed by atoms with Crippen LogP contribution in [0.4, 0.5) is 0 Å². The number of nitrogens with one attached hydrogen (secondary N) is 2. The highest BCUT2D eigenvalue weighted by atomic mass is 32.2. The maximum absolute atomic E-state index is 12.1. The van der Waals surface area contributed by atoms with Gasteiger partial charge in [0.05, 0.1) is 9.90 Å². The zero-order valence-electron chi connectivity index (χ0n) is 13.2. The Morgan fingerprint density at radius 3 is 2.48 bits per heavy atom. The Kier molecular flexibility index (Phi) is 5.51. The molecule has 0 bridgehead atoms. The molecule has 1 aromatic carbocycles. The molecule has 0 radical (unpaired) electrons. The molecule has 1 heterocycles. The Morgan fingerprint density at radius 2 is 1.96 bits per heavy atom. The Balaban J connectivity index is 1.98. The second kappa shape index (κ2) is 7.20. The van der Waals surface area contributed by atoms with E-state index in [1.54, 1.807) is 11.3 Å². The lowest BCUT2D eigenvalue weighted by Gasteiger charge is -2.10. The van der Waals surface area contributed by atoms with Gasteiger partial charge in [-0.2, -0.15) is 0 Å². The minimum atomic E-state index is -3.49. The van der Waals surface area contributed by atoms with E-state index in [1.807, 2.05) is 19.2 Å². The molecular formula is C15H19N3O3S2. The number of carbonyl (C=O) groups is 1. The van der Waals surface area contributed by atoms with Crippen LogP contribution in [0.5, 0.6) is 0 Å². The molecule has 23 heavy (non-hydrogen) atoms. The van der Waals surface area contributed by atoms with Gasteiger partial charge in [-0.15, -0.1) is 11.3 Å². The number of aromatic nitrogens is 1. The molecule has 2 N–H and O–H groups in total. The van der Waals surface area contributed by atoms with E-state index in [0.717, 1.165) is 10.7 Å². The molecule has 1 atom stereocenters. The second-order valence-electron chi connectivity index (χ2n) is 5.17. The summed E-state index contributed by atoms with van der Waals surface area (Å²) in [5.41, 5.74) is 1.40. The van der Waals surface area contributed by atoms with Crippen molar-refractivity contribution in [1.82, 2.24) is 15.0 Å². The highest BCUT2D eigenvalue weighted by Gasteiger charge is 2.14. The minimum absolute atomic E-state index is 0.126. The molecule has 1 unspecified atom stereocenters. The van der Waals surface area contributed by atoms with Crippen molar-refractivity contribution in [3.8, 4) is 0 Å². The fourth-order valence-electron chi connectivity index (χ4n) is 1.94. The largest absolute Gasteiger partial charge is 0.351 e. The summed E-state index contributed by atoms with van der Waals surface area (Å²) in [7, 11) is -2.14. The fraction of sp³-hybridized carbons (Fsp3) is 0.333. The number of amides is 1. The molecule has 0 saturated carbocycles. The summed E-state index contributed by atoms with van der Waals surface area (Å²) in [6, 6.07) is 5.82. The average molecular weight is 353 g/mol. The smallest absolute Gasteiger partial charge is 0.251 e. The predicted octanol–water partition coefficient (Wildman–Crippen LogP) is 1.89. The van der Waals surface area contributed by atoms with Crippen LogP contribution in [0.25, 0.3) is 0 Å². The van der Waals surface area contributed by atoms with Crippen LogP contribution in [0.15, 0.2) is 34.5 Å². The van der Waals surface area contributed by atoms with Crippen molar-refractivity contribution in [2.45, 2.75) is 24.7 Å². The quantitative estimate of drug-likeness (QED) is 0.830. The lowest BCUT2D eigenvalue weighted by molar-refractivity contribution is 0.0951. The van der Waals surface area contributed by atoms with Gasteiger partial charge >= 0.3 is 0 Å². The van der Waals surface area contributed by atoms with Gasteiger partial charge in [0.25, 0.3) is 5.91 Å². The molecule has 0 fully saturated rings. The summed E-state index contributed by atoms with van der Waals surface area (Å²) in [5.74, 6) is -0.111. The molecule has 0 saturated heterocycles. The number of benzene rings is 1. The highest BCUT2D eigenvalue weighted by Crippen LogP contribution is 2.19. The normalized spacial score (nSPS) is 12.8. The van der Waals surface area contributed by atoms with Crippen LogP contribution >= 0.6 is 11.3 Å². The van der Waals surface area contributed by atoms with Gasteiger partial charge in [0.15, 0.2) is 0 Å². The van der Waals surface area contributed by atoms with E-state index < -0.39 is 10.0 Å². The van der Waals surface area contributed by atoms with E-state index in [9.17, 15) is 13.2 Å². The van der Waals surface area contributed by atoms with E-state index >= 15 is 0 Å². The third-order valence-corrected chi connectivity index (χ3v) is 5.95. The lowest BCUT2D eigenvalue weighted by atomic mass is 10.1. The molecule has 0 aliphatic carbocycles. The molecule has 6 nitrogen and oxygen atoms in total. The van der Waals surface area contributed by atoms with Gasteiger partial charge in [0, 0.05) is 29.1 Å². The van der Waals surface area contributed by atoms with E-state index in [1.165, 1.54) is 31.3 Å². The Morgan fingerprint density at radius 1 is 1.30 bits per heavy atom. The summed E-state index contributed by atoms with van der Waals surface area (Å²) in [6.45, 7) is 4.41. The minimum Gasteiger partial charge on any atom is -0.351 e. The van der Waals surface area contributed by atoms with Gasteiger partial charge < -0.3 is 5.32 Å². The van der Waals surface area contributed by atoms with Crippen LogP contribution in [0.2, 0.25) is 0 Å². The summed E-state index contributed by atoms with van der Waals surface area (Å²) < 4.78 is 25.5. The molecule has 0 aliphatic heterocycles. The number of sulfonamides is 1. The predicted molar refractivity (Wildman–Crippen MR) is 90.3 cm³/mol. The standard InChI is InChI=1S/C15H19N3O3S2/c1-10(15-18-11(2)9-22-15)8-17-14(19)12-4-6-13(7-5-12)23(20,21)16-3/h4-7,9-10,16H,8H2,1-3H3,(H,17,19). The number of aryl methyl sites for hydroxylation is 1. The number of hydrogen-bond acceptors (Lipinski definition) is 5. The maximum Gasteiger partial charge on any atom is 0.251 e. The topological polar surface area (TPSA) is 88.2 Å².